The molecule has 5 nitrogen and oxygen atoms in total. The lowest BCUT2D eigenvalue weighted by molar-refractivity contribution is -0.118. The van der Waals surface area contributed by atoms with E-state index in [2.05, 4.69) is 27.4 Å². The van der Waals surface area contributed by atoms with Gasteiger partial charge < -0.3 is 14.6 Å². The number of hydrogen-bond donors (Lipinski definition) is 1. The molecule has 0 atom stereocenters. The summed E-state index contributed by atoms with van der Waals surface area (Å²) in [4.78, 5) is 17.5. The molecular formula is C24H18ClN3O2S. The van der Waals surface area contributed by atoms with Crippen molar-refractivity contribution in [2.24, 2.45) is 4.99 Å². The Hall–Kier alpha value is -3.35. The fraction of sp³-hybridized carbons (Fsp3) is 0.0833. The first-order valence-electron chi connectivity index (χ1n) is 9.75. The van der Waals surface area contributed by atoms with Gasteiger partial charge in [0.25, 0.3) is 5.91 Å². The molecule has 0 radical (unpaired) electrons. The molecule has 1 aliphatic rings. The first-order valence-corrected chi connectivity index (χ1v) is 11.0. The van der Waals surface area contributed by atoms with Crippen molar-refractivity contribution < 1.29 is 9.53 Å². The van der Waals surface area contributed by atoms with Gasteiger partial charge in [-0.25, -0.2) is 4.99 Å². The third kappa shape index (κ3) is 4.26. The second-order valence-electron chi connectivity index (χ2n) is 7.11. The van der Waals surface area contributed by atoms with Crippen molar-refractivity contribution in [2.45, 2.75) is 6.54 Å². The number of hydrogen-bond acceptors (Lipinski definition) is 4. The van der Waals surface area contributed by atoms with Crippen LogP contribution in [0.1, 0.15) is 5.56 Å². The van der Waals surface area contributed by atoms with Crippen LogP contribution in [0.3, 0.4) is 0 Å². The summed E-state index contributed by atoms with van der Waals surface area (Å²) in [5.74, 6) is 0.532. The first kappa shape index (κ1) is 19.6. The highest BCUT2D eigenvalue weighted by Gasteiger charge is 2.18. The Morgan fingerprint density at radius 1 is 1.06 bits per heavy atom. The maximum absolute atomic E-state index is 11.7. The Morgan fingerprint density at radius 2 is 1.87 bits per heavy atom. The summed E-state index contributed by atoms with van der Waals surface area (Å²) >= 11 is 7.59. The third-order valence-corrected chi connectivity index (χ3v) is 6.06. The SMILES string of the molecule is O=C1COc2ccc(-c3csc(=Nc4ccc(Cl)cc4)n3Cc3ccccc3)cc2N1. The summed E-state index contributed by atoms with van der Waals surface area (Å²) in [5.41, 5.74) is 4.70. The van der Waals surface area contributed by atoms with E-state index in [9.17, 15) is 4.79 Å². The maximum atomic E-state index is 11.7. The minimum atomic E-state index is -0.148. The molecule has 2 heterocycles. The number of nitrogens with one attached hydrogen (secondary N) is 1. The number of nitrogens with zero attached hydrogens (tertiary/aromatic N) is 2. The lowest BCUT2D eigenvalue weighted by Crippen LogP contribution is -2.25. The molecule has 4 aromatic rings. The van der Waals surface area contributed by atoms with Crippen molar-refractivity contribution in [3.63, 3.8) is 0 Å². The van der Waals surface area contributed by atoms with Crippen LogP contribution in [0.15, 0.2) is 83.2 Å². The highest BCUT2D eigenvalue weighted by molar-refractivity contribution is 7.07. The molecule has 0 bridgehead atoms. The minimum Gasteiger partial charge on any atom is -0.482 e. The molecule has 7 heteroatoms. The van der Waals surface area contributed by atoms with Crippen molar-refractivity contribution in [3.8, 4) is 17.0 Å². The monoisotopic (exact) mass is 447 g/mol. The molecule has 0 spiro atoms. The van der Waals surface area contributed by atoms with Gasteiger partial charge in [0, 0.05) is 16.0 Å². The van der Waals surface area contributed by atoms with Crippen LogP contribution in [0.5, 0.6) is 5.75 Å². The zero-order valence-corrected chi connectivity index (χ0v) is 18.0. The lowest BCUT2D eigenvalue weighted by Gasteiger charge is -2.19. The predicted octanol–water partition coefficient (Wildman–Crippen LogP) is 5.48. The smallest absolute Gasteiger partial charge is 0.262 e. The third-order valence-electron chi connectivity index (χ3n) is 4.94. The van der Waals surface area contributed by atoms with Gasteiger partial charge in [-0.15, -0.1) is 11.3 Å². The van der Waals surface area contributed by atoms with E-state index in [1.54, 1.807) is 11.3 Å². The Bertz CT molecular complexity index is 1310. The number of benzene rings is 3. The van der Waals surface area contributed by atoms with Crippen molar-refractivity contribution in [1.82, 2.24) is 4.57 Å². The topological polar surface area (TPSA) is 55.6 Å². The second kappa shape index (κ2) is 8.41. The minimum absolute atomic E-state index is 0.0446. The molecule has 1 aromatic heterocycles. The summed E-state index contributed by atoms with van der Waals surface area (Å²) in [5, 5.41) is 5.66. The van der Waals surface area contributed by atoms with E-state index in [4.69, 9.17) is 21.3 Å². The number of anilines is 1. The van der Waals surface area contributed by atoms with E-state index in [0.717, 1.165) is 21.7 Å². The molecule has 0 saturated carbocycles. The molecule has 1 N–H and O–H groups in total. The average molecular weight is 448 g/mol. The quantitative estimate of drug-likeness (QED) is 0.450. The van der Waals surface area contributed by atoms with E-state index in [0.29, 0.717) is 23.0 Å². The number of amides is 1. The van der Waals surface area contributed by atoms with Gasteiger partial charge in [0.05, 0.1) is 23.6 Å². The Labute approximate surface area is 188 Å². The van der Waals surface area contributed by atoms with Gasteiger partial charge in [0.15, 0.2) is 11.4 Å². The molecule has 3 aromatic carbocycles. The number of carbonyl (C=O) groups is 1. The number of thiazole rings is 1. The Morgan fingerprint density at radius 3 is 2.68 bits per heavy atom. The van der Waals surface area contributed by atoms with Crippen LogP contribution in [0.25, 0.3) is 11.3 Å². The van der Waals surface area contributed by atoms with Gasteiger partial charge in [-0.3, -0.25) is 4.79 Å². The van der Waals surface area contributed by atoms with E-state index in [-0.39, 0.29) is 12.5 Å². The summed E-state index contributed by atoms with van der Waals surface area (Å²) in [6.07, 6.45) is 0. The van der Waals surface area contributed by atoms with Gasteiger partial charge in [0.1, 0.15) is 5.75 Å². The number of carbonyl (C=O) groups excluding carboxylic acids is 1. The largest absolute Gasteiger partial charge is 0.482 e. The van der Waals surface area contributed by atoms with Crippen molar-refractivity contribution in [1.29, 1.82) is 0 Å². The molecule has 1 amide bonds. The Kier molecular flexibility index (Phi) is 5.32. The highest BCUT2D eigenvalue weighted by atomic mass is 35.5. The van der Waals surface area contributed by atoms with E-state index in [1.165, 1.54) is 5.56 Å². The lowest BCUT2D eigenvalue weighted by atomic mass is 10.1. The summed E-state index contributed by atoms with van der Waals surface area (Å²) < 4.78 is 7.68. The molecule has 0 saturated heterocycles. The van der Waals surface area contributed by atoms with Gasteiger partial charge in [-0.05, 0) is 48.0 Å². The standard InChI is InChI=1S/C24H18ClN3O2S/c25-18-7-9-19(10-8-18)26-24-28(13-16-4-2-1-3-5-16)21(15-31-24)17-6-11-22-20(12-17)27-23(29)14-30-22/h1-12,15H,13-14H2,(H,27,29). The highest BCUT2D eigenvalue weighted by Crippen LogP contribution is 2.33. The van der Waals surface area contributed by atoms with Crippen LogP contribution >= 0.6 is 22.9 Å². The van der Waals surface area contributed by atoms with E-state index < -0.39 is 0 Å². The van der Waals surface area contributed by atoms with E-state index >= 15 is 0 Å². The fourth-order valence-corrected chi connectivity index (χ4v) is 4.49. The molecule has 5 rings (SSSR count). The average Bonchev–Trinajstić information content (AvgIpc) is 3.17. The molecule has 1 aliphatic heterocycles. The molecule has 0 fully saturated rings. The molecule has 31 heavy (non-hydrogen) atoms. The van der Waals surface area contributed by atoms with Crippen LogP contribution in [0.2, 0.25) is 5.02 Å². The van der Waals surface area contributed by atoms with Crippen LogP contribution < -0.4 is 14.9 Å². The number of ether oxygens (including phenoxy) is 1. The van der Waals surface area contributed by atoms with E-state index in [1.807, 2.05) is 60.7 Å². The number of aromatic nitrogens is 1. The molecule has 0 unspecified atom stereocenters. The Balaban J connectivity index is 1.62. The van der Waals surface area contributed by atoms with Gasteiger partial charge in [-0.2, -0.15) is 0 Å². The molecule has 154 valence electrons. The normalized spacial score (nSPS) is 13.5. The number of fused-ring (bicyclic) bond motifs is 1. The van der Waals surface area contributed by atoms with Crippen molar-refractivity contribution >= 4 is 40.2 Å². The summed E-state index contributed by atoms with van der Waals surface area (Å²) in [6.45, 7) is 0.717. The van der Waals surface area contributed by atoms with Crippen LogP contribution in [-0.2, 0) is 11.3 Å². The van der Waals surface area contributed by atoms with Crippen molar-refractivity contribution in [3.05, 3.63) is 93.6 Å². The van der Waals surface area contributed by atoms with Gasteiger partial charge >= 0.3 is 0 Å². The first-order chi connectivity index (χ1) is 15.2. The van der Waals surface area contributed by atoms with Crippen LogP contribution in [0, 0.1) is 0 Å². The van der Waals surface area contributed by atoms with Crippen molar-refractivity contribution in [2.75, 3.05) is 11.9 Å². The summed E-state index contributed by atoms with van der Waals surface area (Å²) in [6, 6.07) is 23.6. The summed E-state index contributed by atoms with van der Waals surface area (Å²) in [7, 11) is 0. The zero-order chi connectivity index (χ0) is 21.2. The molecular weight excluding hydrogens is 430 g/mol. The van der Waals surface area contributed by atoms with Gasteiger partial charge in [-0.1, -0.05) is 41.9 Å². The zero-order valence-electron chi connectivity index (χ0n) is 16.4. The van der Waals surface area contributed by atoms with Gasteiger partial charge in [0.2, 0.25) is 0 Å². The van der Waals surface area contributed by atoms with Crippen LogP contribution in [-0.4, -0.2) is 17.1 Å². The predicted molar refractivity (Wildman–Crippen MR) is 124 cm³/mol. The fourth-order valence-electron chi connectivity index (χ4n) is 3.44. The maximum Gasteiger partial charge on any atom is 0.262 e. The number of halogens is 1. The molecule has 0 aliphatic carbocycles. The van der Waals surface area contributed by atoms with Crippen LogP contribution in [0.4, 0.5) is 11.4 Å². The number of rotatable bonds is 4. The second-order valence-corrected chi connectivity index (χ2v) is 8.38.